The monoisotopic (exact) mass is 479 g/mol. The molecule has 0 fully saturated rings. The number of carbonyl (C=O) groups is 1. The molecule has 0 unspecified atom stereocenters. The van der Waals surface area contributed by atoms with Gasteiger partial charge in [0.25, 0.3) is 0 Å². The van der Waals surface area contributed by atoms with Gasteiger partial charge in [-0.15, -0.1) is 0 Å². The van der Waals surface area contributed by atoms with Crippen LogP contribution in [0.2, 0.25) is 0 Å². The minimum atomic E-state index is -0.188. The summed E-state index contributed by atoms with van der Waals surface area (Å²) in [5.41, 5.74) is 3.72. The van der Waals surface area contributed by atoms with E-state index in [2.05, 4.69) is 48.1 Å². The second-order valence-corrected chi connectivity index (χ2v) is 9.69. The van der Waals surface area contributed by atoms with Gasteiger partial charge in [-0.3, -0.25) is 4.79 Å². The molecule has 0 saturated heterocycles. The van der Waals surface area contributed by atoms with Crippen molar-refractivity contribution in [1.82, 2.24) is 4.98 Å². The predicted octanol–water partition coefficient (Wildman–Crippen LogP) is 6.41. The van der Waals surface area contributed by atoms with E-state index in [1.165, 1.54) is 11.8 Å². The van der Waals surface area contributed by atoms with Gasteiger partial charge < -0.3 is 5.32 Å². The van der Waals surface area contributed by atoms with E-state index >= 15 is 0 Å². The van der Waals surface area contributed by atoms with E-state index in [0.717, 1.165) is 27.0 Å². The SMILES string of the molecule is CC(C)(C)c1cc(-c2ccccc2)c(C#N)c(SCC(=O)Nc2ccc(Br)cc2)n1. The normalized spacial score (nSPS) is 11.0. The molecule has 1 aromatic heterocycles. The van der Waals surface area contributed by atoms with Gasteiger partial charge in [0, 0.05) is 26.8 Å². The third-order valence-electron chi connectivity index (χ3n) is 4.42. The van der Waals surface area contributed by atoms with Gasteiger partial charge >= 0.3 is 0 Å². The molecular formula is C24H22BrN3OS. The maximum Gasteiger partial charge on any atom is 0.234 e. The van der Waals surface area contributed by atoms with Crippen LogP contribution in [0, 0.1) is 11.3 Å². The van der Waals surface area contributed by atoms with Crippen LogP contribution in [0.15, 0.2) is 70.2 Å². The van der Waals surface area contributed by atoms with Crippen molar-refractivity contribution in [3.63, 3.8) is 0 Å². The molecule has 1 amide bonds. The highest BCUT2D eigenvalue weighted by Gasteiger charge is 2.22. The minimum absolute atomic E-state index is 0.143. The van der Waals surface area contributed by atoms with Crippen molar-refractivity contribution < 1.29 is 4.79 Å². The summed E-state index contributed by atoms with van der Waals surface area (Å²) in [7, 11) is 0. The van der Waals surface area contributed by atoms with Gasteiger partial charge in [-0.1, -0.05) is 78.8 Å². The average molecular weight is 480 g/mol. The number of anilines is 1. The fourth-order valence-corrected chi connectivity index (χ4v) is 3.90. The molecule has 0 bridgehead atoms. The highest BCUT2D eigenvalue weighted by Crippen LogP contribution is 2.34. The Morgan fingerprint density at radius 2 is 1.80 bits per heavy atom. The predicted molar refractivity (Wildman–Crippen MR) is 127 cm³/mol. The summed E-state index contributed by atoms with van der Waals surface area (Å²) in [5, 5.41) is 13.3. The Balaban J connectivity index is 1.90. The van der Waals surface area contributed by atoms with Crippen molar-refractivity contribution in [2.24, 2.45) is 0 Å². The number of carbonyl (C=O) groups excluding carboxylic acids is 1. The lowest BCUT2D eigenvalue weighted by Crippen LogP contribution is -2.16. The molecular weight excluding hydrogens is 458 g/mol. The third kappa shape index (κ3) is 5.50. The third-order valence-corrected chi connectivity index (χ3v) is 5.92. The van der Waals surface area contributed by atoms with Gasteiger partial charge in [0.15, 0.2) is 0 Å². The van der Waals surface area contributed by atoms with Crippen molar-refractivity contribution in [2.45, 2.75) is 31.2 Å². The van der Waals surface area contributed by atoms with Crippen LogP contribution in [0.5, 0.6) is 0 Å². The maximum absolute atomic E-state index is 12.5. The molecule has 0 spiro atoms. The lowest BCUT2D eigenvalue weighted by atomic mass is 9.89. The van der Waals surface area contributed by atoms with Crippen LogP contribution in [-0.2, 0) is 10.2 Å². The van der Waals surface area contributed by atoms with Crippen molar-refractivity contribution in [2.75, 3.05) is 11.1 Å². The summed E-state index contributed by atoms with van der Waals surface area (Å²) >= 11 is 4.67. The van der Waals surface area contributed by atoms with E-state index < -0.39 is 0 Å². The van der Waals surface area contributed by atoms with Crippen molar-refractivity contribution in [1.29, 1.82) is 5.26 Å². The summed E-state index contributed by atoms with van der Waals surface area (Å²) in [5.74, 6) is 0.0231. The maximum atomic E-state index is 12.5. The number of aromatic nitrogens is 1. The number of amides is 1. The first-order valence-electron chi connectivity index (χ1n) is 9.47. The van der Waals surface area contributed by atoms with Crippen LogP contribution in [0.25, 0.3) is 11.1 Å². The molecule has 1 N–H and O–H groups in total. The Morgan fingerprint density at radius 3 is 2.40 bits per heavy atom. The molecule has 6 heteroatoms. The molecule has 0 saturated carbocycles. The Labute approximate surface area is 189 Å². The van der Waals surface area contributed by atoms with Gasteiger partial charge in [0.1, 0.15) is 11.1 Å². The van der Waals surface area contributed by atoms with Crippen molar-refractivity contribution in [3.8, 4) is 17.2 Å². The zero-order valence-electron chi connectivity index (χ0n) is 17.1. The lowest BCUT2D eigenvalue weighted by molar-refractivity contribution is -0.113. The smallest absolute Gasteiger partial charge is 0.234 e. The fourth-order valence-electron chi connectivity index (χ4n) is 2.83. The first-order valence-corrected chi connectivity index (χ1v) is 11.2. The number of nitrogens with zero attached hydrogens (tertiary/aromatic N) is 2. The molecule has 0 atom stereocenters. The summed E-state index contributed by atoms with van der Waals surface area (Å²) in [6, 6.07) is 21.5. The van der Waals surface area contributed by atoms with E-state index in [-0.39, 0.29) is 17.1 Å². The van der Waals surface area contributed by atoms with Crippen molar-refractivity contribution in [3.05, 3.63) is 76.4 Å². The van der Waals surface area contributed by atoms with E-state index in [9.17, 15) is 10.1 Å². The van der Waals surface area contributed by atoms with Crippen LogP contribution in [0.3, 0.4) is 0 Å². The molecule has 1 heterocycles. The number of benzene rings is 2. The van der Waals surface area contributed by atoms with Crippen LogP contribution in [0.1, 0.15) is 32.0 Å². The van der Waals surface area contributed by atoms with Crippen molar-refractivity contribution >= 4 is 39.3 Å². The van der Waals surface area contributed by atoms with E-state index in [4.69, 9.17) is 4.98 Å². The summed E-state index contributed by atoms with van der Waals surface area (Å²) in [6.07, 6.45) is 0. The molecule has 4 nitrogen and oxygen atoms in total. The first-order chi connectivity index (χ1) is 14.3. The highest BCUT2D eigenvalue weighted by atomic mass is 79.9. The Bertz CT molecular complexity index is 1080. The number of rotatable bonds is 5. The molecule has 0 aliphatic rings. The summed E-state index contributed by atoms with van der Waals surface area (Å²) < 4.78 is 0.949. The van der Waals surface area contributed by atoms with E-state index in [1.807, 2.05) is 60.7 Å². The molecule has 3 rings (SSSR count). The van der Waals surface area contributed by atoms with Gasteiger partial charge in [0.05, 0.1) is 11.3 Å². The van der Waals surface area contributed by atoms with E-state index in [0.29, 0.717) is 10.6 Å². The number of halogens is 1. The molecule has 3 aromatic rings. The topological polar surface area (TPSA) is 65.8 Å². The zero-order valence-corrected chi connectivity index (χ0v) is 19.5. The minimum Gasteiger partial charge on any atom is -0.325 e. The van der Waals surface area contributed by atoms with E-state index in [1.54, 1.807) is 0 Å². The summed E-state index contributed by atoms with van der Waals surface area (Å²) in [6.45, 7) is 6.26. The number of nitriles is 1. The van der Waals surface area contributed by atoms with Crippen LogP contribution < -0.4 is 5.32 Å². The highest BCUT2D eigenvalue weighted by molar-refractivity contribution is 9.10. The zero-order chi connectivity index (χ0) is 21.7. The quantitative estimate of drug-likeness (QED) is 0.429. The van der Waals surface area contributed by atoms with Crippen LogP contribution in [-0.4, -0.2) is 16.6 Å². The molecule has 152 valence electrons. The molecule has 0 aliphatic heterocycles. The number of hydrogen-bond acceptors (Lipinski definition) is 4. The lowest BCUT2D eigenvalue weighted by Gasteiger charge is -2.21. The molecule has 30 heavy (non-hydrogen) atoms. The second kappa shape index (κ2) is 9.46. The average Bonchev–Trinajstić information content (AvgIpc) is 2.73. The number of nitrogens with one attached hydrogen (secondary N) is 1. The van der Waals surface area contributed by atoms with Gasteiger partial charge in [0.2, 0.25) is 5.91 Å². The number of thioether (sulfide) groups is 1. The molecule has 0 radical (unpaired) electrons. The molecule has 2 aromatic carbocycles. The fraction of sp³-hybridized carbons (Fsp3) is 0.208. The van der Waals surface area contributed by atoms with Crippen LogP contribution >= 0.6 is 27.7 Å². The second-order valence-electron chi connectivity index (χ2n) is 7.81. The van der Waals surface area contributed by atoms with Gasteiger partial charge in [-0.25, -0.2) is 4.98 Å². The standard InChI is InChI=1S/C24H22BrN3OS/c1-24(2,3)21-13-19(16-7-5-4-6-8-16)20(14-26)23(28-21)30-15-22(29)27-18-11-9-17(25)10-12-18/h4-13H,15H2,1-3H3,(H,27,29). The summed E-state index contributed by atoms with van der Waals surface area (Å²) in [4.78, 5) is 17.2. The Morgan fingerprint density at radius 1 is 1.13 bits per heavy atom. The van der Waals surface area contributed by atoms with Gasteiger partial charge in [-0.2, -0.15) is 5.26 Å². The Hall–Kier alpha value is -2.62. The van der Waals surface area contributed by atoms with Crippen LogP contribution in [0.4, 0.5) is 5.69 Å². The largest absolute Gasteiger partial charge is 0.325 e. The first kappa shape index (κ1) is 22.1. The number of pyridine rings is 1. The van der Waals surface area contributed by atoms with Gasteiger partial charge in [-0.05, 0) is 35.9 Å². The number of hydrogen-bond donors (Lipinski definition) is 1. The molecule has 0 aliphatic carbocycles. The Kier molecular flexibility index (Phi) is 6.96.